The Hall–Kier alpha value is -3.06. The summed E-state index contributed by atoms with van der Waals surface area (Å²) in [5.41, 5.74) is 1.25. The fraction of sp³-hybridized carbons (Fsp3) is 0.444. The third-order valence-corrected chi connectivity index (χ3v) is 6.27. The smallest absolute Gasteiger partial charge is 0.348 e. The van der Waals surface area contributed by atoms with Crippen LogP contribution >= 0.6 is 11.6 Å². The highest BCUT2D eigenvalue weighted by molar-refractivity contribution is 6.33. The van der Waals surface area contributed by atoms with E-state index >= 15 is 0 Å². The highest BCUT2D eigenvalue weighted by atomic mass is 35.5. The lowest BCUT2D eigenvalue weighted by molar-refractivity contribution is -0.127. The van der Waals surface area contributed by atoms with Gasteiger partial charge in [0.1, 0.15) is 11.6 Å². The van der Waals surface area contributed by atoms with Gasteiger partial charge in [0.05, 0.1) is 11.6 Å². The molecule has 0 amide bonds. The molecule has 0 bridgehead atoms. The zero-order valence-electron chi connectivity index (χ0n) is 20.9. The van der Waals surface area contributed by atoms with E-state index in [1.165, 1.54) is 0 Å². The second kappa shape index (κ2) is 12.1. The first-order valence-corrected chi connectivity index (χ1v) is 12.5. The first-order chi connectivity index (χ1) is 16.7. The first kappa shape index (κ1) is 26.5. The van der Waals surface area contributed by atoms with Crippen molar-refractivity contribution in [3.63, 3.8) is 0 Å². The Morgan fingerprint density at radius 1 is 1.11 bits per heavy atom. The lowest BCUT2D eigenvalue weighted by Gasteiger charge is -2.22. The van der Waals surface area contributed by atoms with Crippen LogP contribution in [0.15, 0.2) is 41.3 Å². The fourth-order valence-electron chi connectivity index (χ4n) is 3.71. The van der Waals surface area contributed by atoms with Crippen LogP contribution in [0.25, 0.3) is 22.8 Å². The fourth-order valence-corrected chi connectivity index (χ4v) is 3.92. The lowest BCUT2D eigenvalue weighted by atomic mass is 9.80. The molecule has 2 aromatic heterocycles. The SMILES string of the molecule is CCCCC(C)(C)C(=O)CCc1ccc(Cl)c(-c2nc(-c3ccc(OCCC)nc3)nc(=O)[nH]2)c1. The third kappa shape index (κ3) is 7.21. The van der Waals surface area contributed by atoms with Crippen LogP contribution in [0.3, 0.4) is 0 Å². The first-order valence-electron chi connectivity index (χ1n) is 12.1. The number of hydrogen-bond donors (Lipinski definition) is 1. The summed E-state index contributed by atoms with van der Waals surface area (Å²) in [4.78, 5) is 40.6. The molecule has 0 radical (unpaired) electrons. The van der Waals surface area contributed by atoms with Gasteiger partial charge in [0.15, 0.2) is 5.82 Å². The summed E-state index contributed by atoms with van der Waals surface area (Å²) in [6.07, 6.45) is 6.49. The number of carbonyl (C=O) groups excluding carboxylic acids is 1. The van der Waals surface area contributed by atoms with E-state index in [4.69, 9.17) is 16.3 Å². The van der Waals surface area contributed by atoms with E-state index in [9.17, 15) is 9.59 Å². The molecule has 0 fully saturated rings. The highest BCUT2D eigenvalue weighted by Crippen LogP contribution is 2.30. The van der Waals surface area contributed by atoms with Crippen LogP contribution in [-0.2, 0) is 11.2 Å². The monoisotopic (exact) mass is 496 g/mol. The summed E-state index contributed by atoms with van der Waals surface area (Å²) in [5.74, 6) is 1.31. The summed E-state index contributed by atoms with van der Waals surface area (Å²) in [6.45, 7) is 8.76. The molecule has 8 heteroatoms. The number of H-pyrrole nitrogens is 1. The molecule has 1 aromatic carbocycles. The Morgan fingerprint density at radius 2 is 1.91 bits per heavy atom. The van der Waals surface area contributed by atoms with E-state index in [1.807, 2.05) is 32.9 Å². The van der Waals surface area contributed by atoms with Crippen molar-refractivity contribution in [3.8, 4) is 28.7 Å². The minimum atomic E-state index is -0.536. The third-order valence-electron chi connectivity index (χ3n) is 5.94. The van der Waals surface area contributed by atoms with E-state index in [-0.39, 0.29) is 17.0 Å². The zero-order chi connectivity index (χ0) is 25.4. The molecule has 0 saturated carbocycles. The summed E-state index contributed by atoms with van der Waals surface area (Å²) in [6, 6.07) is 9.02. The van der Waals surface area contributed by atoms with Gasteiger partial charge in [-0.1, -0.05) is 58.2 Å². The van der Waals surface area contributed by atoms with Gasteiger partial charge in [-0.3, -0.25) is 9.78 Å². The number of carbonyl (C=O) groups is 1. The van der Waals surface area contributed by atoms with E-state index in [0.29, 0.717) is 47.3 Å². The zero-order valence-corrected chi connectivity index (χ0v) is 21.6. The Labute approximate surface area is 211 Å². The number of pyridine rings is 1. The number of rotatable bonds is 12. The molecule has 0 unspecified atom stereocenters. The van der Waals surface area contributed by atoms with Crippen LogP contribution in [-0.4, -0.2) is 32.3 Å². The van der Waals surface area contributed by atoms with Crippen molar-refractivity contribution in [2.75, 3.05) is 6.61 Å². The van der Waals surface area contributed by atoms with E-state index in [0.717, 1.165) is 31.2 Å². The van der Waals surface area contributed by atoms with Crippen LogP contribution in [0.2, 0.25) is 5.02 Å². The summed E-state index contributed by atoms with van der Waals surface area (Å²) in [5, 5.41) is 0.449. The maximum absolute atomic E-state index is 12.8. The van der Waals surface area contributed by atoms with Gasteiger partial charge in [-0.25, -0.2) is 14.8 Å². The van der Waals surface area contributed by atoms with Gasteiger partial charge in [0, 0.05) is 35.2 Å². The number of aromatic nitrogens is 4. The molecule has 186 valence electrons. The Kier molecular flexibility index (Phi) is 9.15. The van der Waals surface area contributed by atoms with Crippen molar-refractivity contribution in [2.24, 2.45) is 5.41 Å². The standard InChI is InChI=1S/C27H33ClN4O3/c1-5-7-14-27(3,4)22(33)12-9-18-8-11-21(28)20(16-18)25-30-24(31-26(34)32-25)19-10-13-23(29-17-19)35-15-6-2/h8,10-11,13,16-17H,5-7,9,12,14-15H2,1-4H3,(H,30,31,32,34). The molecule has 0 saturated heterocycles. The van der Waals surface area contributed by atoms with Crippen LogP contribution in [0.4, 0.5) is 0 Å². The Bertz CT molecular complexity index is 1210. The Morgan fingerprint density at radius 3 is 2.60 bits per heavy atom. The molecule has 35 heavy (non-hydrogen) atoms. The molecule has 2 heterocycles. The number of halogens is 1. The number of hydrogen-bond acceptors (Lipinski definition) is 6. The molecule has 0 aliphatic heterocycles. The second-order valence-corrected chi connectivity index (χ2v) is 9.69. The van der Waals surface area contributed by atoms with Crippen LogP contribution in [0, 0.1) is 5.41 Å². The van der Waals surface area contributed by atoms with Gasteiger partial charge in [-0.05, 0) is 43.0 Å². The molecular formula is C27H33ClN4O3. The maximum Gasteiger partial charge on any atom is 0.348 e. The summed E-state index contributed by atoms with van der Waals surface area (Å²) < 4.78 is 5.51. The van der Waals surface area contributed by atoms with Crippen molar-refractivity contribution in [3.05, 3.63) is 57.6 Å². The largest absolute Gasteiger partial charge is 0.478 e. The summed E-state index contributed by atoms with van der Waals surface area (Å²) >= 11 is 6.46. The van der Waals surface area contributed by atoms with E-state index < -0.39 is 5.69 Å². The molecule has 7 nitrogen and oxygen atoms in total. The molecule has 0 aliphatic carbocycles. The number of ether oxygens (including phenoxy) is 1. The topological polar surface area (TPSA) is 97.8 Å². The maximum atomic E-state index is 12.8. The van der Waals surface area contributed by atoms with E-state index in [1.54, 1.807) is 24.4 Å². The Balaban J connectivity index is 1.82. The van der Waals surface area contributed by atoms with Crippen LogP contribution in [0.5, 0.6) is 5.88 Å². The van der Waals surface area contributed by atoms with Crippen molar-refractivity contribution in [1.82, 2.24) is 19.9 Å². The van der Waals surface area contributed by atoms with Crippen molar-refractivity contribution >= 4 is 17.4 Å². The molecule has 0 aliphatic rings. The summed E-state index contributed by atoms with van der Waals surface area (Å²) in [7, 11) is 0. The number of unbranched alkanes of at least 4 members (excludes halogenated alkanes) is 1. The number of aryl methyl sites for hydroxylation is 1. The molecular weight excluding hydrogens is 464 g/mol. The van der Waals surface area contributed by atoms with Crippen LogP contribution < -0.4 is 10.4 Å². The normalized spacial score (nSPS) is 11.5. The molecule has 0 atom stereocenters. The number of Topliss-reactive ketones (excluding diaryl/α,β-unsaturated/α-hetero) is 1. The van der Waals surface area contributed by atoms with Gasteiger partial charge in [0.25, 0.3) is 0 Å². The van der Waals surface area contributed by atoms with Gasteiger partial charge in [-0.15, -0.1) is 0 Å². The van der Waals surface area contributed by atoms with Crippen molar-refractivity contribution in [1.29, 1.82) is 0 Å². The second-order valence-electron chi connectivity index (χ2n) is 9.28. The van der Waals surface area contributed by atoms with Crippen LogP contribution in [0.1, 0.15) is 65.4 Å². The molecule has 1 N–H and O–H groups in total. The molecule has 3 rings (SSSR count). The number of nitrogens with zero attached hydrogens (tertiary/aromatic N) is 3. The van der Waals surface area contributed by atoms with Crippen molar-refractivity contribution < 1.29 is 9.53 Å². The molecule has 3 aromatic rings. The average Bonchev–Trinajstić information content (AvgIpc) is 2.85. The predicted octanol–water partition coefficient (Wildman–Crippen LogP) is 6.05. The van der Waals surface area contributed by atoms with Gasteiger partial charge < -0.3 is 4.74 Å². The number of nitrogens with one attached hydrogen (secondary N) is 1. The van der Waals surface area contributed by atoms with Gasteiger partial charge >= 0.3 is 5.69 Å². The quantitative estimate of drug-likeness (QED) is 0.327. The number of aromatic amines is 1. The van der Waals surface area contributed by atoms with E-state index in [2.05, 4.69) is 26.9 Å². The average molecular weight is 497 g/mol. The highest BCUT2D eigenvalue weighted by Gasteiger charge is 2.26. The van der Waals surface area contributed by atoms with Gasteiger partial charge in [-0.2, -0.15) is 4.98 Å². The minimum absolute atomic E-state index is 0.243. The van der Waals surface area contributed by atoms with Gasteiger partial charge in [0.2, 0.25) is 5.88 Å². The predicted molar refractivity (Wildman–Crippen MR) is 139 cm³/mol. The lowest BCUT2D eigenvalue weighted by Crippen LogP contribution is -2.24. The number of ketones is 1. The number of benzene rings is 1. The van der Waals surface area contributed by atoms with Crippen molar-refractivity contribution in [2.45, 2.75) is 66.2 Å². The molecule has 0 spiro atoms. The minimum Gasteiger partial charge on any atom is -0.478 e.